The molecule has 1 aliphatic rings. The third-order valence-electron chi connectivity index (χ3n) is 6.29. The summed E-state index contributed by atoms with van der Waals surface area (Å²) >= 11 is 3.71. The second-order valence-electron chi connectivity index (χ2n) is 10.3. The Kier molecular flexibility index (Phi) is 9.97. The van der Waals surface area contributed by atoms with Gasteiger partial charge in [-0.25, -0.2) is 0 Å². The lowest BCUT2D eigenvalue weighted by molar-refractivity contribution is 0.0970. The molecule has 0 unspecified atom stereocenters. The molecule has 0 atom stereocenters. The number of alkyl halides is 1. The Morgan fingerprint density at radius 2 is 1.23 bits per heavy atom. The predicted octanol–water partition coefficient (Wildman–Crippen LogP) is 8.31. The average molecular weight is 544 g/mol. The number of rotatable bonds is 14. The maximum Gasteiger partial charge on any atom is 0.198 e. The average Bonchev–Trinajstić information content (AvgIpc) is 2.80. The Morgan fingerprint density at radius 3 is 1.77 bits per heavy atom. The smallest absolute Gasteiger partial charge is 0.198 e. The number of ether oxygens (including phenoxy) is 2. The zero-order chi connectivity index (χ0) is 25.4. The Bertz CT molecular complexity index is 1020. The Balaban J connectivity index is 1.54. The fraction of sp³-hybridized carbons (Fsp3) is 0.533. The van der Waals surface area contributed by atoms with Gasteiger partial charge < -0.3 is 9.47 Å². The van der Waals surface area contributed by atoms with Crippen LogP contribution in [0.15, 0.2) is 36.4 Å². The minimum absolute atomic E-state index is 0.109. The third-order valence-corrected chi connectivity index (χ3v) is 6.68. The van der Waals surface area contributed by atoms with Crippen molar-refractivity contribution in [3.05, 3.63) is 58.7 Å². The quantitative estimate of drug-likeness (QED) is 0.152. The number of unbranched alkanes of at least 4 members (excludes halogenated alkanes) is 7. The van der Waals surface area contributed by atoms with Gasteiger partial charge in [0.2, 0.25) is 0 Å². The number of hydrogen-bond donors (Lipinski definition) is 0. The molecule has 0 aromatic heterocycles. The van der Waals surface area contributed by atoms with E-state index in [0.29, 0.717) is 40.4 Å². The second-order valence-corrected chi connectivity index (χ2v) is 12.5. The lowest BCUT2D eigenvalue weighted by atomic mass is 9.83. The van der Waals surface area contributed by atoms with Gasteiger partial charge in [0.15, 0.2) is 11.6 Å². The second kappa shape index (κ2) is 12.7. The highest BCUT2D eigenvalue weighted by atomic mass is 79.9. The molecule has 0 amide bonds. The molecule has 3 rings (SSSR count). The molecule has 190 valence electrons. The molecule has 0 bridgehead atoms. The topological polar surface area (TPSA) is 52.6 Å². The number of ketones is 2. The van der Waals surface area contributed by atoms with Gasteiger partial charge >= 0.3 is 0 Å². The molecule has 2 aromatic rings. The Hall–Kier alpha value is -2.14. The molecule has 0 saturated heterocycles. The van der Waals surface area contributed by atoms with Crippen molar-refractivity contribution in [1.82, 2.24) is 0 Å². The first kappa shape index (κ1) is 27.4. The van der Waals surface area contributed by atoms with E-state index in [1.807, 2.05) is 13.8 Å². The summed E-state index contributed by atoms with van der Waals surface area (Å²) in [5.74, 6) is 0.548. The van der Waals surface area contributed by atoms with Gasteiger partial charge in [-0.3, -0.25) is 9.59 Å². The van der Waals surface area contributed by atoms with Crippen LogP contribution in [0.5, 0.6) is 11.5 Å². The van der Waals surface area contributed by atoms with Crippen molar-refractivity contribution in [3.8, 4) is 11.5 Å². The third kappa shape index (κ3) is 7.67. The first-order valence-corrected chi connectivity index (χ1v) is 13.8. The van der Waals surface area contributed by atoms with E-state index in [1.54, 1.807) is 36.4 Å². The largest absolute Gasteiger partial charge is 0.493 e. The van der Waals surface area contributed by atoms with E-state index in [9.17, 15) is 9.59 Å². The highest BCUT2D eigenvalue weighted by Crippen LogP contribution is 2.39. The molecule has 5 heteroatoms. The van der Waals surface area contributed by atoms with E-state index >= 15 is 0 Å². The standard InChI is InChI=1S/C30H39BrO4/c1-21(2)35-25-18-17-24(26-27(25)29(33)23-16-12-11-15-22(23)28(26)32)34-20-14-10-8-6-5-7-9-13-19-30(3,4)31/h11-12,15-18,21H,5-10,13-14,19-20H2,1-4H3. The van der Waals surface area contributed by atoms with Crippen LogP contribution in [0.3, 0.4) is 0 Å². The monoisotopic (exact) mass is 542 g/mol. The van der Waals surface area contributed by atoms with E-state index in [2.05, 4.69) is 29.8 Å². The summed E-state index contributed by atoms with van der Waals surface area (Å²) in [5, 5.41) is 0. The minimum Gasteiger partial charge on any atom is -0.493 e. The summed E-state index contributed by atoms with van der Waals surface area (Å²) in [6.07, 6.45) is 10.7. The number of carbonyl (C=O) groups excluding carboxylic acids is 2. The minimum atomic E-state index is -0.184. The lowest BCUT2D eigenvalue weighted by Crippen LogP contribution is -2.24. The van der Waals surface area contributed by atoms with Crippen molar-refractivity contribution in [2.24, 2.45) is 0 Å². The van der Waals surface area contributed by atoms with Crippen molar-refractivity contribution in [2.75, 3.05) is 6.61 Å². The molecule has 2 aromatic carbocycles. The van der Waals surface area contributed by atoms with Gasteiger partial charge in [0.05, 0.1) is 23.8 Å². The van der Waals surface area contributed by atoms with Gasteiger partial charge in [-0.15, -0.1) is 0 Å². The SMILES string of the molecule is CC(C)Oc1ccc(OCCCCCCCCCCC(C)(C)Br)c2c1C(=O)c1ccccc1C2=O. The summed E-state index contributed by atoms with van der Waals surface area (Å²) in [6.45, 7) is 8.80. The van der Waals surface area contributed by atoms with Gasteiger partial charge in [0.1, 0.15) is 11.5 Å². The molecule has 0 radical (unpaired) electrons. The van der Waals surface area contributed by atoms with Crippen LogP contribution in [-0.4, -0.2) is 28.6 Å². The van der Waals surface area contributed by atoms with Crippen LogP contribution in [0.2, 0.25) is 0 Å². The number of hydrogen-bond acceptors (Lipinski definition) is 4. The Labute approximate surface area is 218 Å². The van der Waals surface area contributed by atoms with Crippen LogP contribution < -0.4 is 9.47 Å². The highest BCUT2D eigenvalue weighted by Gasteiger charge is 2.35. The highest BCUT2D eigenvalue weighted by molar-refractivity contribution is 9.10. The summed E-state index contributed by atoms with van der Waals surface area (Å²) < 4.78 is 12.2. The van der Waals surface area contributed by atoms with Crippen LogP contribution in [-0.2, 0) is 0 Å². The van der Waals surface area contributed by atoms with Gasteiger partial charge in [-0.05, 0) is 38.8 Å². The lowest BCUT2D eigenvalue weighted by Gasteiger charge is -2.23. The summed E-state index contributed by atoms with van der Waals surface area (Å²) in [4.78, 5) is 26.7. The number of benzene rings is 2. The summed E-state index contributed by atoms with van der Waals surface area (Å²) in [5.41, 5.74) is 1.50. The van der Waals surface area contributed by atoms with Crippen molar-refractivity contribution < 1.29 is 19.1 Å². The first-order chi connectivity index (χ1) is 16.7. The molecule has 1 aliphatic carbocycles. The maximum absolute atomic E-state index is 13.4. The van der Waals surface area contributed by atoms with Gasteiger partial charge in [0.25, 0.3) is 0 Å². The molecule has 0 aliphatic heterocycles. The van der Waals surface area contributed by atoms with E-state index in [0.717, 1.165) is 12.8 Å². The van der Waals surface area contributed by atoms with E-state index in [1.165, 1.54) is 44.9 Å². The fourth-order valence-corrected chi connectivity index (χ4v) is 4.81. The van der Waals surface area contributed by atoms with Gasteiger partial charge in [0, 0.05) is 15.5 Å². The molecule has 0 spiro atoms. The molecule has 0 fully saturated rings. The van der Waals surface area contributed by atoms with Crippen LogP contribution in [0.4, 0.5) is 0 Å². The van der Waals surface area contributed by atoms with E-state index in [-0.39, 0.29) is 22.0 Å². The molecule has 4 nitrogen and oxygen atoms in total. The predicted molar refractivity (Wildman–Crippen MR) is 146 cm³/mol. The number of fused-ring (bicyclic) bond motifs is 2. The van der Waals surface area contributed by atoms with Crippen molar-refractivity contribution in [2.45, 2.75) is 95.9 Å². The van der Waals surface area contributed by atoms with Crippen LogP contribution >= 0.6 is 15.9 Å². The van der Waals surface area contributed by atoms with Crippen LogP contribution in [0, 0.1) is 0 Å². The first-order valence-electron chi connectivity index (χ1n) is 13.0. The molecule has 0 heterocycles. The number of carbonyl (C=O) groups is 2. The van der Waals surface area contributed by atoms with Crippen LogP contribution in [0.25, 0.3) is 0 Å². The van der Waals surface area contributed by atoms with Crippen LogP contribution in [0.1, 0.15) is 117 Å². The van der Waals surface area contributed by atoms with Crippen molar-refractivity contribution >= 4 is 27.5 Å². The zero-order valence-electron chi connectivity index (χ0n) is 21.6. The molecule has 35 heavy (non-hydrogen) atoms. The van der Waals surface area contributed by atoms with Gasteiger partial charge in [-0.1, -0.05) is 99.0 Å². The van der Waals surface area contributed by atoms with E-state index in [4.69, 9.17) is 9.47 Å². The molecule has 0 N–H and O–H groups in total. The fourth-order valence-electron chi connectivity index (χ4n) is 4.53. The summed E-state index contributed by atoms with van der Waals surface area (Å²) in [6, 6.07) is 10.5. The summed E-state index contributed by atoms with van der Waals surface area (Å²) in [7, 11) is 0. The van der Waals surface area contributed by atoms with Gasteiger partial charge in [-0.2, -0.15) is 0 Å². The van der Waals surface area contributed by atoms with E-state index < -0.39 is 0 Å². The molecule has 0 saturated carbocycles. The Morgan fingerprint density at radius 1 is 0.743 bits per heavy atom. The zero-order valence-corrected chi connectivity index (χ0v) is 23.2. The van der Waals surface area contributed by atoms with Crippen molar-refractivity contribution in [1.29, 1.82) is 0 Å². The molecular weight excluding hydrogens is 504 g/mol. The molecular formula is C30H39BrO4. The maximum atomic E-state index is 13.4. The normalized spacial score (nSPS) is 13.1. The number of halogens is 1. The van der Waals surface area contributed by atoms with Crippen molar-refractivity contribution in [3.63, 3.8) is 0 Å².